The van der Waals surface area contributed by atoms with Crippen LogP contribution >= 0.6 is 0 Å². The van der Waals surface area contributed by atoms with Gasteiger partial charge in [0.05, 0.1) is 6.61 Å². The Morgan fingerprint density at radius 2 is 2.28 bits per heavy atom. The molecule has 2 rings (SSSR count). The number of nitrogens with two attached hydrogens (primary N) is 1. The Morgan fingerprint density at radius 3 is 3.00 bits per heavy atom. The van der Waals surface area contributed by atoms with Gasteiger partial charge in [0.15, 0.2) is 5.82 Å². The molecule has 0 spiro atoms. The topological polar surface area (TPSA) is 82.3 Å². The van der Waals surface area contributed by atoms with Gasteiger partial charge in [-0.3, -0.25) is 0 Å². The first-order valence-corrected chi connectivity index (χ1v) is 6.22. The third-order valence-corrected chi connectivity index (χ3v) is 2.67. The van der Waals surface area contributed by atoms with Crippen LogP contribution in [0.15, 0.2) is 6.07 Å². The fourth-order valence-corrected chi connectivity index (χ4v) is 1.59. The van der Waals surface area contributed by atoms with Crippen LogP contribution in [-0.2, 0) is 16.1 Å². The molecule has 0 saturated heterocycles. The summed E-state index contributed by atoms with van der Waals surface area (Å²) in [6.07, 6.45) is 2.63. The second-order valence-electron chi connectivity index (χ2n) is 4.47. The summed E-state index contributed by atoms with van der Waals surface area (Å²) in [5.41, 5.74) is 5.69. The first-order chi connectivity index (χ1) is 8.78. The van der Waals surface area contributed by atoms with E-state index in [0.717, 1.165) is 19.1 Å². The lowest BCUT2D eigenvalue weighted by atomic mass is 10.4. The van der Waals surface area contributed by atoms with Gasteiger partial charge in [0.2, 0.25) is 0 Å². The van der Waals surface area contributed by atoms with Crippen LogP contribution in [0.1, 0.15) is 18.7 Å². The summed E-state index contributed by atoms with van der Waals surface area (Å²) in [5.74, 6) is 2.54. The average molecular weight is 252 g/mol. The molecule has 0 aromatic carbocycles. The van der Waals surface area contributed by atoms with Crippen LogP contribution in [-0.4, -0.2) is 36.8 Å². The van der Waals surface area contributed by atoms with E-state index in [4.69, 9.17) is 15.2 Å². The van der Waals surface area contributed by atoms with Crippen molar-refractivity contribution in [3.05, 3.63) is 11.9 Å². The van der Waals surface area contributed by atoms with Gasteiger partial charge in [-0.1, -0.05) is 0 Å². The molecule has 0 bridgehead atoms. The second-order valence-corrected chi connectivity index (χ2v) is 4.47. The second kappa shape index (κ2) is 6.51. The number of nitrogens with zero attached hydrogens (tertiary/aromatic N) is 2. The standard InChI is InChI=1S/C12H20N4O2/c1-17-8-12-15-10(13)6-11(16-12)14-4-5-18-7-9-2-3-9/h6,9H,2-5,7-8H2,1H3,(H3,13,14,15,16). The highest BCUT2D eigenvalue weighted by Gasteiger charge is 2.20. The molecule has 3 N–H and O–H groups in total. The fraction of sp³-hybridized carbons (Fsp3) is 0.667. The number of anilines is 2. The molecule has 1 saturated carbocycles. The van der Waals surface area contributed by atoms with Crippen molar-refractivity contribution in [1.29, 1.82) is 0 Å². The average Bonchev–Trinajstić information content (AvgIpc) is 3.12. The number of rotatable bonds is 8. The van der Waals surface area contributed by atoms with Crippen molar-refractivity contribution >= 4 is 11.6 Å². The molecule has 1 aliphatic rings. The number of hydrogen-bond acceptors (Lipinski definition) is 6. The number of hydrogen-bond donors (Lipinski definition) is 2. The lowest BCUT2D eigenvalue weighted by molar-refractivity contribution is 0.134. The quantitative estimate of drug-likeness (QED) is 0.673. The van der Waals surface area contributed by atoms with E-state index < -0.39 is 0 Å². The summed E-state index contributed by atoms with van der Waals surface area (Å²) >= 11 is 0. The van der Waals surface area contributed by atoms with E-state index in [2.05, 4.69) is 15.3 Å². The monoisotopic (exact) mass is 252 g/mol. The molecule has 1 aromatic heterocycles. The van der Waals surface area contributed by atoms with Crippen molar-refractivity contribution < 1.29 is 9.47 Å². The maximum absolute atomic E-state index is 5.69. The van der Waals surface area contributed by atoms with Gasteiger partial charge in [-0.05, 0) is 18.8 Å². The summed E-state index contributed by atoms with van der Waals surface area (Å²) in [7, 11) is 1.60. The first kappa shape index (κ1) is 13.0. The Labute approximate surface area is 107 Å². The van der Waals surface area contributed by atoms with Gasteiger partial charge < -0.3 is 20.5 Å². The van der Waals surface area contributed by atoms with Gasteiger partial charge in [-0.25, -0.2) is 9.97 Å². The van der Waals surface area contributed by atoms with Crippen LogP contribution in [0.25, 0.3) is 0 Å². The lowest BCUT2D eigenvalue weighted by Gasteiger charge is -2.08. The Bertz CT molecular complexity index is 382. The zero-order valence-corrected chi connectivity index (χ0v) is 10.7. The molecule has 18 heavy (non-hydrogen) atoms. The number of aromatic nitrogens is 2. The van der Waals surface area contributed by atoms with Crippen molar-refractivity contribution in [2.75, 3.05) is 37.9 Å². The number of nitrogens with one attached hydrogen (secondary N) is 1. The number of methoxy groups -OCH3 is 1. The highest BCUT2D eigenvalue weighted by molar-refractivity contribution is 5.44. The molecule has 1 fully saturated rings. The predicted molar refractivity (Wildman–Crippen MR) is 69.2 cm³/mol. The van der Waals surface area contributed by atoms with Gasteiger partial charge in [0, 0.05) is 26.3 Å². The van der Waals surface area contributed by atoms with Gasteiger partial charge in [0.1, 0.15) is 18.2 Å². The fourth-order valence-electron chi connectivity index (χ4n) is 1.59. The van der Waals surface area contributed by atoms with Crippen molar-refractivity contribution in [1.82, 2.24) is 9.97 Å². The molecule has 6 heteroatoms. The largest absolute Gasteiger partial charge is 0.384 e. The molecule has 6 nitrogen and oxygen atoms in total. The van der Waals surface area contributed by atoms with Crippen molar-refractivity contribution in [2.24, 2.45) is 5.92 Å². The van der Waals surface area contributed by atoms with E-state index in [1.165, 1.54) is 12.8 Å². The minimum atomic E-state index is 0.359. The Morgan fingerprint density at radius 1 is 1.44 bits per heavy atom. The Kier molecular flexibility index (Phi) is 4.72. The van der Waals surface area contributed by atoms with E-state index in [1.807, 2.05) is 0 Å². The maximum atomic E-state index is 5.69. The van der Waals surface area contributed by atoms with Crippen LogP contribution in [0.4, 0.5) is 11.6 Å². The van der Waals surface area contributed by atoms with Crippen LogP contribution in [0.3, 0.4) is 0 Å². The van der Waals surface area contributed by atoms with Gasteiger partial charge >= 0.3 is 0 Å². The highest BCUT2D eigenvalue weighted by atomic mass is 16.5. The third kappa shape index (κ3) is 4.46. The van der Waals surface area contributed by atoms with E-state index >= 15 is 0 Å². The predicted octanol–water partition coefficient (Wildman–Crippen LogP) is 1.04. The summed E-state index contributed by atoms with van der Waals surface area (Å²) in [5, 5.41) is 3.17. The van der Waals surface area contributed by atoms with Gasteiger partial charge in [-0.15, -0.1) is 0 Å². The normalized spacial score (nSPS) is 14.7. The molecular weight excluding hydrogens is 232 g/mol. The van der Waals surface area contributed by atoms with E-state index in [1.54, 1.807) is 13.2 Å². The molecule has 0 amide bonds. The van der Waals surface area contributed by atoms with Crippen LogP contribution in [0.5, 0.6) is 0 Å². The van der Waals surface area contributed by atoms with Gasteiger partial charge in [0.25, 0.3) is 0 Å². The minimum absolute atomic E-state index is 0.359. The van der Waals surface area contributed by atoms with Crippen molar-refractivity contribution in [3.63, 3.8) is 0 Å². The SMILES string of the molecule is COCc1nc(N)cc(NCCOCC2CC2)n1. The van der Waals surface area contributed by atoms with E-state index in [0.29, 0.717) is 30.7 Å². The molecular formula is C12H20N4O2. The van der Waals surface area contributed by atoms with Crippen molar-refractivity contribution in [3.8, 4) is 0 Å². The van der Waals surface area contributed by atoms with Crippen LogP contribution in [0.2, 0.25) is 0 Å². The van der Waals surface area contributed by atoms with E-state index in [-0.39, 0.29) is 0 Å². The lowest BCUT2D eigenvalue weighted by Crippen LogP contribution is -2.13. The third-order valence-electron chi connectivity index (χ3n) is 2.67. The zero-order chi connectivity index (χ0) is 12.8. The number of nitrogen functional groups attached to an aromatic ring is 1. The molecule has 0 aliphatic heterocycles. The van der Waals surface area contributed by atoms with Crippen molar-refractivity contribution in [2.45, 2.75) is 19.4 Å². The number of ether oxygens (including phenoxy) is 2. The highest BCUT2D eigenvalue weighted by Crippen LogP contribution is 2.28. The smallest absolute Gasteiger partial charge is 0.158 e. The molecule has 1 aromatic rings. The Balaban J connectivity index is 1.72. The maximum Gasteiger partial charge on any atom is 0.158 e. The van der Waals surface area contributed by atoms with E-state index in [9.17, 15) is 0 Å². The summed E-state index contributed by atoms with van der Waals surface area (Å²) in [6, 6.07) is 1.71. The molecule has 1 aliphatic carbocycles. The molecule has 0 unspecified atom stereocenters. The summed E-state index contributed by atoms with van der Waals surface area (Å²) < 4.78 is 10.5. The first-order valence-electron chi connectivity index (χ1n) is 6.22. The summed E-state index contributed by atoms with van der Waals surface area (Å²) in [6.45, 7) is 2.63. The zero-order valence-electron chi connectivity index (χ0n) is 10.7. The minimum Gasteiger partial charge on any atom is -0.384 e. The van der Waals surface area contributed by atoms with Gasteiger partial charge in [-0.2, -0.15) is 0 Å². The van der Waals surface area contributed by atoms with Crippen LogP contribution in [0, 0.1) is 5.92 Å². The molecule has 100 valence electrons. The molecule has 1 heterocycles. The molecule has 0 radical (unpaired) electrons. The molecule has 0 atom stereocenters. The Hall–Kier alpha value is -1.40. The summed E-state index contributed by atoms with van der Waals surface area (Å²) in [4.78, 5) is 8.36. The van der Waals surface area contributed by atoms with Crippen LogP contribution < -0.4 is 11.1 Å².